The Balaban J connectivity index is 1.70. The zero-order valence-corrected chi connectivity index (χ0v) is 11.7. The van der Waals surface area contributed by atoms with Crippen LogP contribution in [-0.4, -0.2) is 20.2 Å². The fourth-order valence-electron chi connectivity index (χ4n) is 1.93. The van der Waals surface area contributed by atoms with Crippen LogP contribution in [0.15, 0.2) is 34.2 Å². The average molecular weight is 287 g/mol. The molecule has 3 rings (SSSR count). The Morgan fingerprint density at radius 2 is 2.15 bits per heavy atom. The Morgan fingerprint density at radius 3 is 2.90 bits per heavy atom. The first-order valence-electron chi connectivity index (χ1n) is 6.19. The number of phenolic OH excluding ortho intramolecular Hbond substituents is 1. The van der Waals surface area contributed by atoms with Gasteiger partial charge in [-0.3, -0.25) is 0 Å². The number of aromatic hydroxyl groups is 1. The third-order valence-electron chi connectivity index (χ3n) is 2.78. The van der Waals surface area contributed by atoms with Gasteiger partial charge in [0.2, 0.25) is 5.89 Å². The summed E-state index contributed by atoms with van der Waals surface area (Å²) < 4.78 is 5.22. The van der Waals surface area contributed by atoms with E-state index >= 15 is 0 Å². The van der Waals surface area contributed by atoms with Crippen molar-refractivity contribution in [1.29, 1.82) is 0 Å². The smallest absolute Gasteiger partial charge is 0.231 e. The maximum atomic E-state index is 9.42. The van der Waals surface area contributed by atoms with Crippen LogP contribution in [0.1, 0.15) is 28.0 Å². The molecule has 5 nitrogen and oxygen atoms in total. The molecule has 0 amide bonds. The van der Waals surface area contributed by atoms with E-state index in [1.807, 2.05) is 18.4 Å². The molecule has 0 saturated heterocycles. The SMILES string of the molecule is Cc1nc(Cc2noc(Cc3cccc(O)c3)n2)cs1. The zero-order chi connectivity index (χ0) is 13.9. The summed E-state index contributed by atoms with van der Waals surface area (Å²) in [4.78, 5) is 8.72. The number of nitrogens with zero attached hydrogens (tertiary/aromatic N) is 3. The summed E-state index contributed by atoms with van der Waals surface area (Å²) in [5, 5.41) is 16.4. The summed E-state index contributed by atoms with van der Waals surface area (Å²) in [7, 11) is 0. The van der Waals surface area contributed by atoms with Crippen LogP contribution in [0.5, 0.6) is 5.75 Å². The standard InChI is InChI=1S/C14H13N3O2S/c1-9-15-11(8-20-9)7-13-16-14(19-17-13)6-10-3-2-4-12(18)5-10/h2-5,8,18H,6-7H2,1H3. The Labute approximate surface area is 119 Å². The Hall–Kier alpha value is -2.21. The lowest BCUT2D eigenvalue weighted by Crippen LogP contribution is -1.93. The van der Waals surface area contributed by atoms with Gasteiger partial charge in [-0.1, -0.05) is 17.3 Å². The Bertz CT molecular complexity index is 721. The molecule has 0 radical (unpaired) electrons. The molecule has 2 heterocycles. The second-order valence-electron chi connectivity index (χ2n) is 4.49. The molecule has 0 aliphatic carbocycles. The Morgan fingerprint density at radius 1 is 1.25 bits per heavy atom. The van der Waals surface area contributed by atoms with E-state index in [0.29, 0.717) is 24.6 Å². The lowest BCUT2D eigenvalue weighted by Gasteiger charge is -1.96. The Kier molecular flexibility index (Phi) is 3.47. The van der Waals surface area contributed by atoms with Crippen molar-refractivity contribution >= 4 is 11.3 Å². The van der Waals surface area contributed by atoms with E-state index in [0.717, 1.165) is 16.3 Å². The van der Waals surface area contributed by atoms with Crippen molar-refractivity contribution in [2.75, 3.05) is 0 Å². The lowest BCUT2D eigenvalue weighted by molar-refractivity contribution is 0.380. The molecule has 6 heteroatoms. The number of benzene rings is 1. The summed E-state index contributed by atoms with van der Waals surface area (Å²) >= 11 is 1.61. The molecule has 0 fully saturated rings. The largest absolute Gasteiger partial charge is 0.508 e. The predicted molar refractivity (Wildman–Crippen MR) is 74.9 cm³/mol. The van der Waals surface area contributed by atoms with E-state index < -0.39 is 0 Å². The van der Waals surface area contributed by atoms with E-state index in [4.69, 9.17) is 4.52 Å². The van der Waals surface area contributed by atoms with Gasteiger partial charge in [0.25, 0.3) is 0 Å². The van der Waals surface area contributed by atoms with Crippen molar-refractivity contribution in [3.05, 3.63) is 57.6 Å². The summed E-state index contributed by atoms with van der Waals surface area (Å²) in [6.45, 7) is 1.97. The summed E-state index contributed by atoms with van der Waals surface area (Å²) in [5.41, 5.74) is 1.89. The molecule has 0 spiro atoms. The third-order valence-corrected chi connectivity index (χ3v) is 3.60. The van der Waals surface area contributed by atoms with Gasteiger partial charge in [0.1, 0.15) is 5.75 Å². The minimum Gasteiger partial charge on any atom is -0.508 e. The first-order valence-corrected chi connectivity index (χ1v) is 7.07. The number of hydrogen-bond donors (Lipinski definition) is 1. The molecule has 0 unspecified atom stereocenters. The molecule has 0 aliphatic rings. The average Bonchev–Trinajstić information content (AvgIpc) is 3.00. The second kappa shape index (κ2) is 5.42. The van der Waals surface area contributed by atoms with Crippen molar-refractivity contribution in [3.8, 4) is 5.75 Å². The summed E-state index contributed by atoms with van der Waals surface area (Å²) in [6.07, 6.45) is 1.09. The number of thiazole rings is 1. The molecule has 102 valence electrons. The quantitative estimate of drug-likeness (QED) is 0.798. The van der Waals surface area contributed by atoms with Gasteiger partial charge in [-0.15, -0.1) is 11.3 Å². The highest BCUT2D eigenvalue weighted by Gasteiger charge is 2.09. The van der Waals surface area contributed by atoms with Crippen LogP contribution in [0, 0.1) is 6.92 Å². The van der Waals surface area contributed by atoms with Crippen LogP contribution in [0.4, 0.5) is 0 Å². The number of aryl methyl sites for hydroxylation is 1. The van der Waals surface area contributed by atoms with E-state index in [-0.39, 0.29) is 5.75 Å². The van der Waals surface area contributed by atoms with Gasteiger partial charge in [0.05, 0.1) is 23.5 Å². The summed E-state index contributed by atoms with van der Waals surface area (Å²) in [5.74, 6) is 1.41. The molecular weight excluding hydrogens is 274 g/mol. The first-order chi connectivity index (χ1) is 9.69. The monoisotopic (exact) mass is 287 g/mol. The fourth-order valence-corrected chi connectivity index (χ4v) is 2.54. The van der Waals surface area contributed by atoms with Gasteiger partial charge in [-0.25, -0.2) is 4.98 Å². The van der Waals surface area contributed by atoms with Crippen LogP contribution < -0.4 is 0 Å². The van der Waals surface area contributed by atoms with E-state index in [1.165, 1.54) is 0 Å². The topological polar surface area (TPSA) is 72.0 Å². The first kappa shape index (κ1) is 12.8. The van der Waals surface area contributed by atoms with Crippen molar-refractivity contribution in [1.82, 2.24) is 15.1 Å². The molecule has 0 atom stereocenters. The second-order valence-corrected chi connectivity index (χ2v) is 5.55. The van der Waals surface area contributed by atoms with E-state index in [9.17, 15) is 5.11 Å². The molecule has 1 aromatic carbocycles. The molecule has 0 bridgehead atoms. The van der Waals surface area contributed by atoms with Gasteiger partial charge >= 0.3 is 0 Å². The minimum absolute atomic E-state index is 0.236. The number of hydrogen-bond acceptors (Lipinski definition) is 6. The molecule has 1 N–H and O–H groups in total. The van der Waals surface area contributed by atoms with Crippen molar-refractivity contribution < 1.29 is 9.63 Å². The van der Waals surface area contributed by atoms with Gasteiger partial charge in [-0.2, -0.15) is 4.98 Å². The van der Waals surface area contributed by atoms with E-state index in [2.05, 4.69) is 15.1 Å². The number of rotatable bonds is 4. The van der Waals surface area contributed by atoms with Gasteiger partial charge in [0, 0.05) is 5.38 Å². The molecule has 0 aliphatic heterocycles. The lowest BCUT2D eigenvalue weighted by atomic mass is 10.1. The van der Waals surface area contributed by atoms with Crippen molar-refractivity contribution in [2.45, 2.75) is 19.8 Å². The third kappa shape index (κ3) is 3.03. The highest BCUT2D eigenvalue weighted by molar-refractivity contribution is 7.09. The molecular formula is C14H13N3O2S. The van der Waals surface area contributed by atoms with Crippen molar-refractivity contribution in [3.63, 3.8) is 0 Å². The molecule has 3 aromatic rings. The van der Waals surface area contributed by atoms with Crippen LogP contribution >= 0.6 is 11.3 Å². The predicted octanol–water partition coefficient (Wildman–Crippen LogP) is 2.72. The fraction of sp³-hybridized carbons (Fsp3) is 0.214. The normalized spacial score (nSPS) is 10.8. The highest BCUT2D eigenvalue weighted by Crippen LogP contribution is 2.15. The van der Waals surface area contributed by atoms with Crippen LogP contribution in [0.25, 0.3) is 0 Å². The number of aromatic nitrogens is 3. The van der Waals surface area contributed by atoms with Gasteiger partial charge in [-0.05, 0) is 24.6 Å². The summed E-state index contributed by atoms with van der Waals surface area (Å²) in [6, 6.07) is 7.02. The molecule has 0 saturated carbocycles. The maximum Gasteiger partial charge on any atom is 0.231 e. The van der Waals surface area contributed by atoms with Crippen LogP contribution in [0.2, 0.25) is 0 Å². The van der Waals surface area contributed by atoms with E-state index in [1.54, 1.807) is 29.5 Å². The highest BCUT2D eigenvalue weighted by atomic mass is 32.1. The van der Waals surface area contributed by atoms with Crippen molar-refractivity contribution in [2.24, 2.45) is 0 Å². The van der Waals surface area contributed by atoms with Crippen LogP contribution in [0.3, 0.4) is 0 Å². The zero-order valence-electron chi connectivity index (χ0n) is 10.9. The molecule has 2 aromatic heterocycles. The minimum atomic E-state index is 0.236. The molecule has 20 heavy (non-hydrogen) atoms. The maximum absolute atomic E-state index is 9.42. The van der Waals surface area contributed by atoms with Gasteiger partial charge in [0.15, 0.2) is 5.82 Å². The van der Waals surface area contributed by atoms with Crippen LogP contribution in [-0.2, 0) is 12.8 Å². The number of phenols is 1. The van der Waals surface area contributed by atoms with Gasteiger partial charge < -0.3 is 9.63 Å².